The van der Waals surface area contributed by atoms with E-state index in [9.17, 15) is 9.59 Å². The van der Waals surface area contributed by atoms with E-state index in [1.807, 2.05) is 6.07 Å². The van der Waals surface area contributed by atoms with Crippen LogP contribution >= 0.6 is 11.8 Å². The van der Waals surface area contributed by atoms with Gasteiger partial charge >= 0.3 is 0 Å². The first-order chi connectivity index (χ1) is 12.1. The lowest BCUT2D eigenvalue weighted by Gasteiger charge is -2.02. The molecule has 0 aliphatic carbocycles. The summed E-state index contributed by atoms with van der Waals surface area (Å²) >= 11 is 0.834. The number of thioether (sulfide) groups is 1. The molecule has 4 rings (SSSR count). The average Bonchev–Trinajstić information content (AvgIpc) is 3.17. The SMILES string of the molecule is N#Cc1cccc(-c2cncc3cc(/C=C4/SC(=O)NC4=O)oc23)c1. The zero-order chi connectivity index (χ0) is 17.4. The number of pyridine rings is 1. The summed E-state index contributed by atoms with van der Waals surface area (Å²) in [5.41, 5.74) is 2.71. The highest BCUT2D eigenvalue weighted by Crippen LogP contribution is 2.33. The Morgan fingerprint density at radius 2 is 2.12 bits per heavy atom. The molecule has 0 spiro atoms. The van der Waals surface area contributed by atoms with Crippen LogP contribution in [0.2, 0.25) is 0 Å². The van der Waals surface area contributed by atoms with Gasteiger partial charge in [-0.2, -0.15) is 5.26 Å². The Bertz CT molecular complexity index is 1110. The summed E-state index contributed by atoms with van der Waals surface area (Å²) < 4.78 is 5.87. The molecule has 1 N–H and O–H groups in total. The zero-order valence-corrected chi connectivity index (χ0v) is 13.5. The smallest absolute Gasteiger partial charge is 0.290 e. The number of nitriles is 1. The van der Waals surface area contributed by atoms with E-state index >= 15 is 0 Å². The van der Waals surface area contributed by atoms with E-state index in [0.29, 0.717) is 16.9 Å². The van der Waals surface area contributed by atoms with Gasteiger partial charge in [-0.1, -0.05) is 12.1 Å². The Labute approximate surface area is 146 Å². The molecule has 2 amide bonds. The fraction of sp³-hybridized carbons (Fsp3) is 0. The summed E-state index contributed by atoms with van der Waals surface area (Å²) in [7, 11) is 0. The van der Waals surface area contributed by atoms with Crippen molar-refractivity contribution in [1.29, 1.82) is 5.26 Å². The molecule has 3 aromatic rings. The maximum atomic E-state index is 11.7. The maximum Gasteiger partial charge on any atom is 0.290 e. The molecule has 1 aliphatic heterocycles. The van der Waals surface area contributed by atoms with Crippen LogP contribution < -0.4 is 5.32 Å². The van der Waals surface area contributed by atoms with Gasteiger partial charge in [0, 0.05) is 29.4 Å². The van der Waals surface area contributed by atoms with Gasteiger partial charge in [0.1, 0.15) is 11.3 Å². The normalized spacial score (nSPS) is 15.6. The van der Waals surface area contributed by atoms with Crippen molar-refractivity contribution in [3.05, 3.63) is 59.0 Å². The monoisotopic (exact) mass is 347 g/mol. The van der Waals surface area contributed by atoms with Gasteiger partial charge in [0.2, 0.25) is 0 Å². The van der Waals surface area contributed by atoms with Crippen molar-refractivity contribution in [2.45, 2.75) is 0 Å². The first-order valence-electron chi connectivity index (χ1n) is 7.27. The van der Waals surface area contributed by atoms with Crippen molar-refractivity contribution >= 4 is 40.0 Å². The molecule has 0 radical (unpaired) electrons. The zero-order valence-electron chi connectivity index (χ0n) is 12.6. The standard InChI is InChI=1S/C18H9N3O3S/c19-7-10-2-1-3-11(4-10)14-9-20-8-12-5-13(24-16(12)14)6-15-17(22)21-18(23)25-15/h1-6,8-9H,(H,21,22,23)/b15-6+. The van der Waals surface area contributed by atoms with E-state index in [1.165, 1.54) is 6.08 Å². The Kier molecular flexibility index (Phi) is 3.60. The number of hydrogen-bond acceptors (Lipinski definition) is 6. The van der Waals surface area contributed by atoms with E-state index in [2.05, 4.69) is 16.4 Å². The minimum Gasteiger partial charge on any atom is -0.456 e. The number of nitrogens with one attached hydrogen (secondary N) is 1. The number of amides is 2. The first kappa shape index (κ1) is 15.2. The van der Waals surface area contributed by atoms with Crippen LogP contribution in [0.1, 0.15) is 11.3 Å². The Balaban J connectivity index is 1.82. The lowest BCUT2D eigenvalue weighted by Crippen LogP contribution is -2.17. The van der Waals surface area contributed by atoms with Crippen LogP contribution in [0.15, 0.2) is 52.0 Å². The van der Waals surface area contributed by atoms with Gasteiger partial charge in [0.15, 0.2) is 0 Å². The van der Waals surface area contributed by atoms with Crippen molar-refractivity contribution in [1.82, 2.24) is 10.3 Å². The predicted octanol–water partition coefficient (Wildman–Crippen LogP) is 3.69. The van der Waals surface area contributed by atoms with Crippen molar-refractivity contribution < 1.29 is 14.0 Å². The number of benzene rings is 1. The summed E-state index contributed by atoms with van der Waals surface area (Å²) in [5.74, 6) is 0.0172. The molecular weight excluding hydrogens is 338 g/mol. The molecule has 25 heavy (non-hydrogen) atoms. The number of imide groups is 1. The molecular formula is C18H9N3O3S. The summed E-state index contributed by atoms with van der Waals surface area (Å²) in [6, 6.07) is 11.0. The van der Waals surface area contributed by atoms with Crippen LogP contribution in [0.3, 0.4) is 0 Å². The minimum absolute atomic E-state index is 0.282. The third kappa shape index (κ3) is 2.79. The highest BCUT2D eigenvalue weighted by molar-refractivity contribution is 8.18. The second-order valence-corrected chi connectivity index (χ2v) is 6.31. The fourth-order valence-corrected chi connectivity index (χ4v) is 3.23. The number of fused-ring (bicyclic) bond motifs is 1. The topological polar surface area (TPSA) is 96.0 Å². The molecule has 0 unspecified atom stereocenters. The van der Waals surface area contributed by atoms with E-state index in [-0.39, 0.29) is 4.91 Å². The van der Waals surface area contributed by atoms with E-state index < -0.39 is 11.1 Å². The summed E-state index contributed by atoms with van der Waals surface area (Å²) in [4.78, 5) is 27.4. The van der Waals surface area contributed by atoms with Crippen molar-refractivity contribution in [2.75, 3.05) is 0 Å². The number of carbonyl (C=O) groups excluding carboxylic acids is 2. The molecule has 0 atom stereocenters. The predicted molar refractivity (Wildman–Crippen MR) is 93.3 cm³/mol. The largest absolute Gasteiger partial charge is 0.456 e. The average molecular weight is 347 g/mol. The Morgan fingerprint density at radius 3 is 2.88 bits per heavy atom. The molecule has 1 fully saturated rings. The van der Waals surface area contributed by atoms with E-state index in [4.69, 9.17) is 9.68 Å². The summed E-state index contributed by atoms with van der Waals surface area (Å²) in [6.07, 6.45) is 4.85. The third-order valence-corrected chi connectivity index (χ3v) is 4.47. The molecule has 120 valence electrons. The molecule has 1 aliphatic rings. The van der Waals surface area contributed by atoms with Crippen LogP contribution in [0.5, 0.6) is 0 Å². The molecule has 0 bridgehead atoms. The number of aromatic nitrogens is 1. The third-order valence-electron chi connectivity index (χ3n) is 3.66. The van der Waals surface area contributed by atoms with Crippen LogP contribution in [0.4, 0.5) is 4.79 Å². The number of furan rings is 1. The van der Waals surface area contributed by atoms with Crippen molar-refractivity contribution in [3.8, 4) is 17.2 Å². The highest BCUT2D eigenvalue weighted by Gasteiger charge is 2.25. The maximum absolute atomic E-state index is 11.7. The number of carbonyl (C=O) groups is 2. The van der Waals surface area contributed by atoms with Gasteiger partial charge in [0.05, 0.1) is 16.5 Å². The molecule has 2 aromatic heterocycles. The summed E-state index contributed by atoms with van der Waals surface area (Å²) in [6.45, 7) is 0. The second kappa shape index (κ2) is 5.92. The van der Waals surface area contributed by atoms with Crippen LogP contribution in [0.25, 0.3) is 28.2 Å². The molecule has 6 nitrogen and oxygen atoms in total. The van der Waals surface area contributed by atoms with E-state index in [0.717, 1.165) is 28.3 Å². The molecule has 1 saturated heterocycles. The molecule has 7 heteroatoms. The van der Waals surface area contributed by atoms with Crippen molar-refractivity contribution in [2.24, 2.45) is 0 Å². The van der Waals surface area contributed by atoms with E-state index in [1.54, 1.807) is 36.7 Å². The fourth-order valence-electron chi connectivity index (χ4n) is 2.57. The van der Waals surface area contributed by atoms with Gasteiger partial charge in [-0.05, 0) is 35.5 Å². The highest BCUT2D eigenvalue weighted by atomic mass is 32.2. The van der Waals surface area contributed by atoms with Gasteiger partial charge in [-0.15, -0.1) is 0 Å². The lowest BCUT2D eigenvalue weighted by molar-refractivity contribution is -0.115. The number of nitrogens with zero attached hydrogens (tertiary/aromatic N) is 2. The van der Waals surface area contributed by atoms with Crippen molar-refractivity contribution in [3.63, 3.8) is 0 Å². The Morgan fingerprint density at radius 1 is 1.24 bits per heavy atom. The number of rotatable bonds is 2. The molecule has 0 saturated carbocycles. The van der Waals surface area contributed by atoms with Gasteiger partial charge in [-0.3, -0.25) is 19.9 Å². The minimum atomic E-state index is -0.435. The first-order valence-corrected chi connectivity index (χ1v) is 8.08. The van der Waals surface area contributed by atoms with Gasteiger partial charge in [-0.25, -0.2) is 0 Å². The van der Waals surface area contributed by atoms with Crippen LogP contribution in [-0.4, -0.2) is 16.1 Å². The number of hydrogen-bond donors (Lipinski definition) is 1. The lowest BCUT2D eigenvalue weighted by atomic mass is 10.0. The molecule has 1 aromatic carbocycles. The van der Waals surface area contributed by atoms with Crippen LogP contribution in [-0.2, 0) is 4.79 Å². The van der Waals surface area contributed by atoms with Gasteiger partial charge < -0.3 is 4.42 Å². The quantitative estimate of drug-likeness (QED) is 0.710. The Hall–Kier alpha value is -3.37. The van der Waals surface area contributed by atoms with Gasteiger partial charge in [0.25, 0.3) is 11.1 Å². The van der Waals surface area contributed by atoms with Crippen LogP contribution in [0, 0.1) is 11.3 Å². The second-order valence-electron chi connectivity index (χ2n) is 5.30. The summed E-state index contributed by atoms with van der Waals surface area (Å²) in [5, 5.41) is 11.6. The molecule has 3 heterocycles.